The van der Waals surface area contributed by atoms with Crippen LogP contribution >= 0.6 is 0 Å². The van der Waals surface area contributed by atoms with E-state index in [9.17, 15) is 8.78 Å². The van der Waals surface area contributed by atoms with Crippen molar-refractivity contribution in [1.29, 1.82) is 0 Å². The molecule has 0 spiro atoms. The molecule has 0 saturated heterocycles. The first-order valence-electron chi connectivity index (χ1n) is 5.48. The van der Waals surface area contributed by atoms with E-state index in [1.54, 1.807) is 0 Å². The first-order chi connectivity index (χ1) is 8.22. The molecule has 17 heavy (non-hydrogen) atoms. The van der Waals surface area contributed by atoms with Gasteiger partial charge in [-0.3, -0.25) is 0 Å². The SMILES string of the molecule is Fc1cc(F)cc(-c2ccc(C3=CC3)cc2)c1. The van der Waals surface area contributed by atoms with Crippen LogP contribution in [0.25, 0.3) is 16.7 Å². The van der Waals surface area contributed by atoms with E-state index in [-0.39, 0.29) is 0 Å². The minimum absolute atomic E-state index is 0.547. The molecule has 0 saturated carbocycles. The number of benzene rings is 2. The largest absolute Gasteiger partial charge is 0.207 e. The van der Waals surface area contributed by atoms with Crippen LogP contribution in [-0.4, -0.2) is 0 Å². The fourth-order valence-electron chi connectivity index (χ4n) is 1.88. The lowest BCUT2D eigenvalue weighted by Gasteiger charge is -2.03. The van der Waals surface area contributed by atoms with Crippen molar-refractivity contribution in [3.05, 3.63) is 65.7 Å². The average molecular weight is 228 g/mol. The maximum absolute atomic E-state index is 13.1. The van der Waals surface area contributed by atoms with E-state index in [4.69, 9.17) is 0 Å². The van der Waals surface area contributed by atoms with Crippen molar-refractivity contribution in [1.82, 2.24) is 0 Å². The molecule has 0 amide bonds. The molecule has 0 radical (unpaired) electrons. The monoisotopic (exact) mass is 228 g/mol. The third-order valence-electron chi connectivity index (χ3n) is 2.86. The topological polar surface area (TPSA) is 0 Å². The molecule has 84 valence electrons. The predicted molar refractivity (Wildman–Crippen MR) is 64.4 cm³/mol. The first kappa shape index (κ1) is 10.2. The number of hydrogen-bond donors (Lipinski definition) is 0. The molecule has 0 heterocycles. The Labute approximate surface area is 98.2 Å². The van der Waals surface area contributed by atoms with Crippen molar-refractivity contribution < 1.29 is 8.78 Å². The maximum atomic E-state index is 13.1. The smallest absolute Gasteiger partial charge is 0.126 e. The van der Waals surface area contributed by atoms with Crippen molar-refractivity contribution in [2.24, 2.45) is 0 Å². The molecule has 0 unspecified atom stereocenters. The van der Waals surface area contributed by atoms with E-state index in [0.29, 0.717) is 5.56 Å². The normalized spacial score (nSPS) is 13.4. The van der Waals surface area contributed by atoms with Crippen LogP contribution in [-0.2, 0) is 0 Å². The van der Waals surface area contributed by atoms with Gasteiger partial charge in [0.15, 0.2) is 0 Å². The Morgan fingerprint density at radius 2 is 1.24 bits per heavy atom. The van der Waals surface area contributed by atoms with Gasteiger partial charge in [0, 0.05) is 6.07 Å². The molecule has 0 nitrogen and oxygen atoms in total. The molecule has 2 aromatic rings. The second-order valence-corrected chi connectivity index (χ2v) is 4.17. The van der Waals surface area contributed by atoms with E-state index in [0.717, 1.165) is 18.1 Å². The first-order valence-corrected chi connectivity index (χ1v) is 5.48. The molecule has 2 aromatic carbocycles. The lowest BCUT2D eigenvalue weighted by atomic mass is 10.0. The average Bonchev–Trinajstić information content (AvgIpc) is 3.12. The summed E-state index contributed by atoms with van der Waals surface area (Å²) in [5.41, 5.74) is 3.92. The zero-order valence-electron chi connectivity index (χ0n) is 9.08. The molecule has 3 rings (SSSR count). The maximum Gasteiger partial charge on any atom is 0.126 e. The van der Waals surface area contributed by atoms with Crippen LogP contribution in [0.2, 0.25) is 0 Å². The van der Waals surface area contributed by atoms with E-state index >= 15 is 0 Å². The van der Waals surface area contributed by atoms with Crippen LogP contribution in [0.1, 0.15) is 12.0 Å². The highest BCUT2D eigenvalue weighted by molar-refractivity contribution is 5.78. The standard InChI is InChI=1S/C15H10F2/c16-14-7-13(8-15(17)9-14)12-5-3-11(4-6-12)10-1-2-10/h1,3-9H,2H2. The summed E-state index contributed by atoms with van der Waals surface area (Å²) in [5, 5.41) is 0. The van der Waals surface area contributed by atoms with Crippen molar-refractivity contribution in [3.8, 4) is 11.1 Å². The highest BCUT2D eigenvalue weighted by Gasteiger charge is 2.10. The lowest BCUT2D eigenvalue weighted by molar-refractivity contribution is 0.584. The Kier molecular flexibility index (Phi) is 2.29. The van der Waals surface area contributed by atoms with Crippen molar-refractivity contribution in [2.45, 2.75) is 6.42 Å². The molecular weight excluding hydrogens is 218 g/mol. The van der Waals surface area contributed by atoms with E-state index < -0.39 is 11.6 Å². The summed E-state index contributed by atoms with van der Waals surface area (Å²) in [6.07, 6.45) is 3.20. The van der Waals surface area contributed by atoms with E-state index in [2.05, 4.69) is 6.08 Å². The van der Waals surface area contributed by atoms with Crippen molar-refractivity contribution in [3.63, 3.8) is 0 Å². The van der Waals surface area contributed by atoms with Gasteiger partial charge in [-0.25, -0.2) is 8.78 Å². The highest BCUT2D eigenvalue weighted by Crippen LogP contribution is 2.32. The number of hydrogen-bond acceptors (Lipinski definition) is 0. The Morgan fingerprint density at radius 3 is 1.76 bits per heavy atom. The summed E-state index contributed by atoms with van der Waals surface area (Å²) in [6.45, 7) is 0. The molecule has 1 aliphatic carbocycles. The van der Waals surface area contributed by atoms with Crippen LogP contribution in [0.3, 0.4) is 0 Å². The zero-order chi connectivity index (χ0) is 11.8. The fourth-order valence-corrected chi connectivity index (χ4v) is 1.88. The molecule has 0 bridgehead atoms. The summed E-state index contributed by atoms with van der Waals surface area (Å²) in [4.78, 5) is 0. The number of rotatable bonds is 2. The molecule has 0 aromatic heterocycles. The molecule has 1 aliphatic rings. The fraction of sp³-hybridized carbons (Fsp3) is 0.0667. The second kappa shape index (κ2) is 3.81. The van der Waals surface area contributed by atoms with Gasteiger partial charge in [0.2, 0.25) is 0 Å². The van der Waals surface area contributed by atoms with Crippen LogP contribution in [0.5, 0.6) is 0 Å². The van der Waals surface area contributed by atoms with E-state index in [1.165, 1.54) is 23.3 Å². The molecular formula is C15H10F2. The molecule has 0 aliphatic heterocycles. The van der Waals surface area contributed by atoms with Gasteiger partial charge >= 0.3 is 0 Å². The van der Waals surface area contributed by atoms with Gasteiger partial charge in [0.25, 0.3) is 0 Å². The zero-order valence-corrected chi connectivity index (χ0v) is 9.08. The summed E-state index contributed by atoms with van der Waals surface area (Å²) >= 11 is 0. The van der Waals surface area contributed by atoms with Gasteiger partial charge in [0.05, 0.1) is 0 Å². The Balaban J connectivity index is 1.99. The van der Waals surface area contributed by atoms with Gasteiger partial charge in [0.1, 0.15) is 11.6 Å². The van der Waals surface area contributed by atoms with Gasteiger partial charge in [-0.1, -0.05) is 30.3 Å². The summed E-state index contributed by atoms with van der Waals surface area (Å²) < 4.78 is 26.2. The number of allylic oxidation sites excluding steroid dienone is 2. The van der Waals surface area contributed by atoms with Crippen LogP contribution in [0.15, 0.2) is 48.5 Å². The Bertz CT molecular complexity index is 575. The van der Waals surface area contributed by atoms with Gasteiger partial charge in [-0.15, -0.1) is 0 Å². The van der Waals surface area contributed by atoms with E-state index in [1.807, 2.05) is 24.3 Å². The van der Waals surface area contributed by atoms with Crippen LogP contribution < -0.4 is 0 Å². The molecule has 2 heteroatoms. The summed E-state index contributed by atoms with van der Waals surface area (Å²) in [6, 6.07) is 11.3. The molecule has 0 atom stereocenters. The minimum Gasteiger partial charge on any atom is -0.207 e. The van der Waals surface area contributed by atoms with Crippen LogP contribution in [0, 0.1) is 11.6 Å². The molecule has 0 N–H and O–H groups in total. The Morgan fingerprint density at radius 1 is 0.706 bits per heavy atom. The summed E-state index contributed by atoms with van der Waals surface area (Å²) in [5.74, 6) is -1.09. The third-order valence-corrected chi connectivity index (χ3v) is 2.86. The minimum atomic E-state index is -0.547. The van der Waals surface area contributed by atoms with Crippen LogP contribution in [0.4, 0.5) is 8.78 Å². The highest BCUT2D eigenvalue weighted by atomic mass is 19.1. The molecule has 0 fully saturated rings. The second-order valence-electron chi connectivity index (χ2n) is 4.17. The van der Waals surface area contributed by atoms with Gasteiger partial charge in [-0.2, -0.15) is 0 Å². The van der Waals surface area contributed by atoms with Gasteiger partial charge < -0.3 is 0 Å². The predicted octanol–water partition coefficient (Wildman–Crippen LogP) is 4.42. The Hall–Kier alpha value is -1.96. The number of halogens is 2. The third kappa shape index (κ3) is 2.11. The van der Waals surface area contributed by atoms with Crippen molar-refractivity contribution >= 4 is 5.57 Å². The van der Waals surface area contributed by atoms with Crippen molar-refractivity contribution in [2.75, 3.05) is 0 Å². The lowest BCUT2D eigenvalue weighted by Crippen LogP contribution is -1.84. The van der Waals surface area contributed by atoms with Gasteiger partial charge in [-0.05, 0) is 40.8 Å². The quantitative estimate of drug-likeness (QED) is 0.713. The summed E-state index contributed by atoms with van der Waals surface area (Å²) in [7, 11) is 0.